The Hall–Kier alpha value is -1.70. The zero-order valence-corrected chi connectivity index (χ0v) is 18.4. The van der Waals surface area contributed by atoms with Gasteiger partial charge in [-0.3, -0.25) is 4.79 Å². The maximum absolute atomic E-state index is 13.0. The molecule has 1 aliphatic carbocycles. The normalized spacial score (nSPS) is 19.5. The van der Waals surface area contributed by atoms with Crippen LogP contribution in [0.1, 0.15) is 59.3 Å². The number of sulfonamides is 1. The molecule has 2 heterocycles. The second kappa shape index (κ2) is 8.20. The molecular formula is C22H28N2O3S2. The van der Waals surface area contributed by atoms with Crippen LogP contribution in [0.4, 0.5) is 0 Å². The summed E-state index contributed by atoms with van der Waals surface area (Å²) >= 11 is 1.21. The van der Waals surface area contributed by atoms with Gasteiger partial charge in [-0.25, -0.2) is 8.42 Å². The Bertz CT molecular complexity index is 985. The van der Waals surface area contributed by atoms with Crippen LogP contribution in [0, 0.1) is 6.92 Å². The Kier molecular flexibility index (Phi) is 5.82. The van der Waals surface area contributed by atoms with Gasteiger partial charge in [0, 0.05) is 25.0 Å². The summed E-state index contributed by atoms with van der Waals surface area (Å²) in [4.78, 5) is 13.5. The molecule has 1 amide bonds. The van der Waals surface area contributed by atoms with E-state index < -0.39 is 10.0 Å². The van der Waals surface area contributed by atoms with E-state index in [1.807, 2.05) is 0 Å². The number of carbonyl (C=O) groups excluding carboxylic acids is 1. The van der Waals surface area contributed by atoms with Crippen molar-refractivity contribution in [2.24, 2.45) is 0 Å². The molecule has 2 fully saturated rings. The van der Waals surface area contributed by atoms with E-state index in [9.17, 15) is 13.2 Å². The molecule has 0 radical (unpaired) electrons. The van der Waals surface area contributed by atoms with Gasteiger partial charge in [-0.05, 0) is 49.6 Å². The second-order valence-electron chi connectivity index (χ2n) is 8.26. The number of benzene rings is 1. The summed E-state index contributed by atoms with van der Waals surface area (Å²) in [6.07, 6.45) is 6.14. The van der Waals surface area contributed by atoms with Gasteiger partial charge in [0.2, 0.25) is 10.0 Å². The fourth-order valence-corrected chi connectivity index (χ4v) is 7.49. The average Bonchev–Trinajstić information content (AvgIpc) is 3.48. The Labute approximate surface area is 177 Å². The molecule has 1 aromatic carbocycles. The van der Waals surface area contributed by atoms with E-state index in [0.717, 1.165) is 38.5 Å². The minimum Gasteiger partial charge on any atom is -0.350 e. The van der Waals surface area contributed by atoms with Crippen LogP contribution < -0.4 is 5.32 Å². The van der Waals surface area contributed by atoms with Crippen LogP contribution in [0.3, 0.4) is 0 Å². The highest BCUT2D eigenvalue weighted by Crippen LogP contribution is 2.41. The van der Waals surface area contributed by atoms with Crippen LogP contribution in [0.5, 0.6) is 0 Å². The number of aryl methyl sites for hydroxylation is 1. The van der Waals surface area contributed by atoms with Crippen LogP contribution in [-0.4, -0.2) is 38.3 Å². The lowest BCUT2D eigenvalue weighted by Gasteiger charge is -2.30. The Morgan fingerprint density at radius 2 is 1.86 bits per heavy atom. The smallest absolute Gasteiger partial charge is 0.262 e. The number of nitrogens with one attached hydrogen (secondary N) is 1. The third-order valence-electron chi connectivity index (χ3n) is 6.30. The van der Waals surface area contributed by atoms with Gasteiger partial charge >= 0.3 is 0 Å². The zero-order chi connectivity index (χ0) is 20.5. The largest absolute Gasteiger partial charge is 0.350 e. The summed E-state index contributed by atoms with van der Waals surface area (Å²) in [5.41, 5.74) is 2.43. The lowest BCUT2D eigenvalue weighted by molar-refractivity contribution is 0.0944. The lowest BCUT2D eigenvalue weighted by Crippen LogP contribution is -2.39. The summed E-state index contributed by atoms with van der Waals surface area (Å²) in [5, 5.41) is 4.78. The molecule has 29 heavy (non-hydrogen) atoms. The van der Waals surface area contributed by atoms with Gasteiger partial charge in [0.25, 0.3) is 5.91 Å². The van der Waals surface area contributed by atoms with Gasteiger partial charge in [-0.1, -0.05) is 42.7 Å². The van der Waals surface area contributed by atoms with Gasteiger partial charge in [0.1, 0.15) is 9.77 Å². The fraction of sp³-hybridized carbons (Fsp3) is 0.500. The van der Waals surface area contributed by atoms with Gasteiger partial charge in [0.15, 0.2) is 0 Å². The monoisotopic (exact) mass is 432 g/mol. The molecule has 0 unspecified atom stereocenters. The Morgan fingerprint density at radius 3 is 2.55 bits per heavy atom. The van der Waals surface area contributed by atoms with Crippen LogP contribution in [-0.2, 0) is 15.4 Å². The molecular weight excluding hydrogens is 404 g/mol. The predicted molar refractivity (Wildman–Crippen MR) is 116 cm³/mol. The van der Waals surface area contributed by atoms with E-state index in [4.69, 9.17) is 0 Å². The van der Waals surface area contributed by atoms with Crippen LogP contribution in [0.25, 0.3) is 0 Å². The second-order valence-corrected chi connectivity index (χ2v) is 11.1. The van der Waals surface area contributed by atoms with Crippen molar-refractivity contribution in [2.45, 2.75) is 55.8 Å². The number of hydrogen-bond donors (Lipinski definition) is 1. The van der Waals surface area contributed by atoms with Crippen molar-refractivity contribution < 1.29 is 13.2 Å². The lowest BCUT2D eigenvalue weighted by atomic mass is 9.78. The SMILES string of the molecule is Cc1cccc(C2(CNC(=O)c3sccc3S(=O)(=O)N3CCCC3)CCCC2)c1. The fourth-order valence-electron chi connectivity index (χ4n) is 4.66. The molecule has 1 saturated heterocycles. The van der Waals surface area contributed by atoms with E-state index in [1.54, 1.807) is 11.4 Å². The Balaban J connectivity index is 1.54. The van der Waals surface area contributed by atoms with Gasteiger partial charge in [-0.2, -0.15) is 4.31 Å². The van der Waals surface area contributed by atoms with Crippen molar-refractivity contribution >= 4 is 27.3 Å². The predicted octanol–water partition coefficient (Wildman–Crippen LogP) is 4.08. The van der Waals surface area contributed by atoms with E-state index in [2.05, 4.69) is 36.5 Å². The molecule has 0 spiro atoms. The van der Waals surface area contributed by atoms with Crippen LogP contribution in [0.15, 0.2) is 40.6 Å². The molecule has 2 aliphatic rings. The number of thiophene rings is 1. The summed E-state index contributed by atoms with van der Waals surface area (Å²) in [5.74, 6) is -0.281. The summed E-state index contributed by atoms with van der Waals surface area (Å²) in [6, 6.07) is 10.1. The number of carbonyl (C=O) groups is 1. The molecule has 1 N–H and O–H groups in total. The number of nitrogens with zero attached hydrogens (tertiary/aromatic N) is 1. The first kappa shape index (κ1) is 20.6. The molecule has 0 atom stereocenters. The molecule has 5 nitrogen and oxygen atoms in total. The van der Waals surface area contributed by atoms with E-state index in [0.29, 0.717) is 24.5 Å². The standard InChI is InChI=1S/C22H28N2O3S2/c1-17-7-6-8-18(15-17)22(10-2-3-11-22)16-23-21(25)20-19(9-14-28-20)29(26,27)24-12-4-5-13-24/h6-9,14-15H,2-5,10-13,16H2,1H3,(H,23,25). The number of rotatable bonds is 6. The minimum absolute atomic E-state index is 0.0626. The number of hydrogen-bond acceptors (Lipinski definition) is 4. The number of amides is 1. The first-order chi connectivity index (χ1) is 13.9. The first-order valence-electron chi connectivity index (χ1n) is 10.4. The molecule has 156 valence electrons. The molecule has 0 bridgehead atoms. The topological polar surface area (TPSA) is 66.5 Å². The maximum Gasteiger partial charge on any atom is 0.262 e. The average molecular weight is 433 g/mol. The molecule has 2 aromatic rings. The quantitative estimate of drug-likeness (QED) is 0.748. The summed E-state index contributed by atoms with van der Waals surface area (Å²) in [6.45, 7) is 3.70. The third-order valence-corrected chi connectivity index (χ3v) is 9.28. The maximum atomic E-state index is 13.0. The molecule has 1 aromatic heterocycles. The van der Waals surface area contributed by atoms with E-state index in [-0.39, 0.29) is 16.2 Å². The van der Waals surface area contributed by atoms with Crippen molar-refractivity contribution in [3.05, 3.63) is 51.7 Å². The third kappa shape index (κ3) is 4.00. The van der Waals surface area contributed by atoms with Crippen molar-refractivity contribution in [1.82, 2.24) is 9.62 Å². The summed E-state index contributed by atoms with van der Waals surface area (Å²) < 4.78 is 27.4. The highest BCUT2D eigenvalue weighted by atomic mass is 32.2. The van der Waals surface area contributed by atoms with Gasteiger partial charge in [0.05, 0.1) is 0 Å². The van der Waals surface area contributed by atoms with Gasteiger partial charge in [-0.15, -0.1) is 11.3 Å². The van der Waals surface area contributed by atoms with E-state index in [1.165, 1.54) is 26.8 Å². The first-order valence-corrected chi connectivity index (χ1v) is 12.7. The van der Waals surface area contributed by atoms with Crippen molar-refractivity contribution in [3.8, 4) is 0 Å². The molecule has 1 aliphatic heterocycles. The minimum atomic E-state index is -3.60. The molecule has 4 rings (SSSR count). The Morgan fingerprint density at radius 1 is 1.14 bits per heavy atom. The van der Waals surface area contributed by atoms with Crippen molar-refractivity contribution in [2.75, 3.05) is 19.6 Å². The van der Waals surface area contributed by atoms with Gasteiger partial charge < -0.3 is 5.32 Å². The van der Waals surface area contributed by atoms with Crippen LogP contribution >= 0.6 is 11.3 Å². The van der Waals surface area contributed by atoms with Crippen LogP contribution in [0.2, 0.25) is 0 Å². The summed E-state index contributed by atoms with van der Waals surface area (Å²) in [7, 11) is -3.60. The van der Waals surface area contributed by atoms with Crippen molar-refractivity contribution in [1.29, 1.82) is 0 Å². The van der Waals surface area contributed by atoms with Crippen molar-refractivity contribution in [3.63, 3.8) is 0 Å². The van der Waals surface area contributed by atoms with E-state index >= 15 is 0 Å². The highest BCUT2D eigenvalue weighted by Gasteiger charge is 2.37. The zero-order valence-electron chi connectivity index (χ0n) is 16.8. The highest BCUT2D eigenvalue weighted by molar-refractivity contribution is 7.89. The molecule has 7 heteroatoms. The molecule has 1 saturated carbocycles.